The van der Waals surface area contributed by atoms with Gasteiger partial charge in [-0.25, -0.2) is 4.79 Å². The van der Waals surface area contributed by atoms with E-state index in [4.69, 9.17) is 9.73 Å². The Morgan fingerprint density at radius 1 is 0.844 bits per heavy atom. The molecule has 3 rings (SSSR count). The van der Waals surface area contributed by atoms with Crippen molar-refractivity contribution >= 4 is 11.7 Å². The van der Waals surface area contributed by atoms with Crippen LogP contribution in [0.1, 0.15) is 36.1 Å². The Labute approximate surface area is 191 Å². The lowest BCUT2D eigenvalue weighted by atomic mass is 10.00. The molecular weight excluding hydrogens is 396 g/mol. The highest BCUT2D eigenvalue weighted by molar-refractivity contribution is 6.13. The zero-order valence-electron chi connectivity index (χ0n) is 19.2. The van der Waals surface area contributed by atoms with Crippen molar-refractivity contribution in [3.8, 4) is 0 Å². The topological polar surface area (TPSA) is 41.9 Å². The molecule has 1 atom stereocenters. The second kappa shape index (κ2) is 12.0. The molecule has 166 valence electrons. The van der Waals surface area contributed by atoms with Gasteiger partial charge in [0.2, 0.25) is 0 Å². The van der Waals surface area contributed by atoms with Crippen molar-refractivity contribution in [3.63, 3.8) is 0 Å². The van der Waals surface area contributed by atoms with Crippen molar-refractivity contribution in [2.45, 2.75) is 32.9 Å². The average molecular weight is 429 g/mol. The molecule has 0 saturated heterocycles. The summed E-state index contributed by atoms with van der Waals surface area (Å²) >= 11 is 0. The first-order chi connectivity index (χ1) is 15.6. The van der Waals surface area contributed by atoms with E-state index in [9.17, 15) is 4.79 Å². The molecule has 0 saturated carbocycles. The number of benzene rings is 3. The Balaban J connectivity index is 1.93. The van der Waals surface area contributed by atoms with E-state index < -0.39 is 6.04 Å². The summed E-state index contributed by atoms with van der Waals surface area (Å²) in [7, 11) is 2.11. The van der Waals surface area contributed by atoms with Crippen LogP contribution in [0, 0.1) is 0 Å². The summed E-state index contributed by atoms with van der Waals surface area (Å²) in [6.45, 7) is 6.21. The van der Waals surface area contributed by atoms with Crippen LogP contribution in [0.2, 0.25) is 0 Å². The van der Waals surface area contributed by atoms with Crippen LogP contribution in [-0.4, -0.2) is 42.8 Å². The molecule has 0 spiro atoms. The maximum Gasteiger partial charge on any atom is 0.331 e. The Bertz CT molecular complexity index is 957. The van der Waals surface area contributed by atoms with Crippen LogP contribution < -0.4 is 0 Å². The summed E-state index contributed by atoms with van der Waals surface area (Å²) in [5.74, 6) is -0.299. The van der Waals surface area contributed by atoms with E-state index in [0.717, 1.165) is 35.5 Å². The molecule has 0 heterocycles. The molecular formula is C28H32N2O2. The minimum atomic E-state index is -0.616. The normalized spacial score (nSPS) is 11.8. The van der Waals surface area contributed by atoms with E-state index in [0.29, 0.717) is 13.0 Å². The second-order valence-corrected chi connectivity index (χ2v) is 7.83. The van der Waals surface area contributed by atoms with Gasteiger partial charge in [-0.3, -0.25) is 4.99 Å². The Morgan fingerprint density at radius 3 is 1.88 bits per heavy atom. The van der Waals surface area contributed by atoms with Gasteiger partial charge in [-0.05, 0) is 31.6 Å². The first-order valence-electron chi connectivity index (χ1n) is 11.2. The molecule has 0 aliphatic rings. The lowest BCUT2D eigenvalue weighted by Gasteiger charge is -2.16. The number of aliphatic imine (C=N–C) groups is 1. The average Bonchev–Trinajstić information content (AvgIpc) is 2.84. The molecule has 0 aliphatic carbocycles. The van der Waals surface area contributed by atoms with Crippen molar-refractivity contribution in [1.82, 2.24) is 4.90 Å². The van der Waals surface area contributed by atoms with Crippen LogP contribution in [0.15, 0.2) is 89.9 Å². The summed E-state index contributed by atoms with van der Waals surface area (Å²) in [5, 5.41) is 0. The second-order valence-electron chi connectivity index (χ2n) is 7.83. The smallest absolute Gasteiger partial charge is 0.331 e. The van der Waals surface area contributed by atoms with Gasteiger partial charge >= 0.3 is 5.97 Å². The van der Waals surface area contributed by atoms with Crippen LogP contribution >= 0.6 is 0 Å². The van der Waals surface area contributed by atoms with Crippen molar-refractivity contribution < 1.29 is 9.53 Å². The predicted molar refractivity (Wildman–Crippen MR) is 131 cm³/mol. The van der Waals surface area contributed by atoms with Crippen molar-refractivity contribution in [1.29, 1.82) is 0 Å². The molecule has 4 nitrogen and oxygen atoms in total. The molecule has 32 heavy (non-hydrogen) atoms. The van der Waals surface area contributed by atoms with Gasteiger partial charge in [-0.1, -0.05) is 91.9 Å². The third-order valence-electron chi connectivity index (χ3n) is 5.38. The van der Waals surface area contributed by atoms with Crippen LogP contribution in [0.25, 0.3) is 0 Å². The largest absolute Gasteiger partial charge is 0.464 e. The SMILES string of the molecule is CCOC(=O)C(Cc1ccc(CN(C)CC)cc1)N=C(c1ccccc1)c1ccccc1. The summed E-state index contributed by atoms with van der Waals surface area (Å²) in [4.78, 5) is 20.1. The minimum Gasteiger partial charge on any atom is -0.464 e. The molecule has 0 bridgehead atoms. The number of hydrogen-bond acceptors (Lipinski definition) is 4. The van der Waals surface area contributed by atoms with E-state index in [1.807, 2.05) is 67.6 Å². The number of nitrogens with zero attached hydrogens (tertiary/aromatic N) is 2. The fraction of sp³-hybridized carbons (Fsp3) is 0.286. The first kappa shape index (κ1) is 23.4. The standard InChI is InChI=1S/C28H32N2O2/c1-4-30(3)21-23-18-16-22(17-19-23)20-26(28(31)32-5-2)29-27(24-12-8-6-9-13-24)25-14-10-7-11-15-25/h6-19,26H,4-5,20-21H2,1-3H3. The molecule has 0 aliphatic heterocycles. The van der Waals surface area contributed by atoms with E-state index >= 15 is 0 Å². The molecule has 0 radical (unpaired) electrons. The minimum absolute atomic E-state index is 0.299. The van der Waals surface area contributed by atoms with Crippen molar-refractivity contribution in [3.05, 3.63) is 107 Å². The zero-order chi connectivity index (χ0) is 22.8. The third-order valence-corrected chi connectivity index (χ3v) is 5.38. The van der Waals surface area contributed by atoms with E-state index in [1.165, 1.54) is 5.56 Å². The first-order valence-corrected chi connectivity index (χ1v) is 11.2. The van der Waals surface area contributed by atoms with Gasteiger partial charge in [0.15, 0.2) is 6.04 Å². The number of esters is 1. The molecule has 1 unspecified atom stereocenters. The predicted octanol–water partition coefficient (Wildman–Crippen LogP) is 5.15. The summed E-state index contributed by atoms with van der Waals surface area (Å²) < 4.78 is 5.39. The van der Waals surface area contributed by atoms with Gasteiger partial charge < -0.3 is 9.64 Å². The molecule has 0 amide bonds. The highest BCUT2D eigenvalue weighted by atomic mass is 16.5. The number of carbonyl (C=O) groups is 1. The lowest BCUT2D eigenvalue weighted by molar-refractivity contribution is -0.144. The fourth-order valence-electron chi connectivity index (χ4n) is 3.51. The molecule has 0 aromatic heterocycles. The fourth-order valence-corrected chi connectivity index (χ4v) is 3.51. The van der Waals surface area contributed by atoms with Gasteiger partial charge in [0.25, 0.3) is 0 Å². The highest BCUT2D eigenvalue weighted by Gasteiger charge is 2.21. The molecule has 4 heteroatoms. The van der Waals surface area contributed by atoms with Crippen LogP contribution in [0.3, 0.4) is 0 Å². The Morgan fingerprint density at radius 2 is 1.38 bits per heavy atom. The van der Waals surface area contributed by atoms with Crippen LogP contribution in [0.5, 0.6) is 0 Å². The Kier molecular flexibility index (Phi) is 8.76. The van der Waals surface area contributed by atoms with Gasteiger partial charge in [0, 0.05) is 24.1 Å². The number of hydrogen-bond donors (Lipinski definition) is 0. The van der Waals surface area contributed by atoms with Gasteiger partial charge in [0.05, 0.1) is 12.3 Å². The van der Waals surface area contributed by atoms with E-state index in [1.54, 1.807) is 0 Å². The highest BCUT2D eigenvalue weighted by Crippen LogP contribution is 2.16. The maximum absolute atomic E-state index is 12.9. The van der Waals surface area contributed by atoms with Gasteiger partial charge in [0.1, 0.15) is 0 Å². The summed E-state index contributed by atoms with van der Waals surface area (Å²) in [6, 6.07) is 27.8. The van der Waals surface area contributed by atoms with Crippen LogP contribution in [0.4, 0.5) is 0 Å². The quantitative estimate of drug-likeness (QED) is 0.331. The summed E-state index contributed by atoms with van der Waals surface area (Å²) in [6.07, 6.45) is 0.492. The van der Waals surface area contributed by atoms with Gasteiger partial charge in [-0.2, -0.15) is 0 Å². The maximum atomic E-state index is 12.9. The number of ether oxygens (including phenoxy) is 1. The van der Waals surface area contributed by atoms with E-state index in [-0.39, 0.29) is 5.97 Å². The van der Waals surface area contributed by atoms with Crippen LogP contribution in [-0.2, 0) is 22.5 Å². The molecule has 3 aromatic carbocycles. The molecule has 0 fully saturated rings. The lowest BCUT2D eigenvalue weighted by Crippen LogP contribution is -2.26. The van der Waals surface area contributed by atoms with Gasteiger partial charge in [-0.15, -0.1) is 0 Å². The van der Waals surface area contributed by atoms with Crippen molar-refractivity contribution in [2.24, 2.45) is 4.99 Å². The molecule has 0 N–H and O–H groups in total. The number of carbonyl (C=O) groups excluding carboxylic acids is 1. The third kappa shape index (κ3) is 6.63. The monoisotopic (exact) mass is 428 g/mol. The van der Waals surface area contributed by atoms with E-state index in [2.05, 4.69) is 43.1 Å². The summed E-state index contributed by atoms with van der Waals surface area (Å²) in [5.41, 5.74) is 5.07. The van der Waals surface area contributed by atoms with Crippen molar-refractivity contribution in [2.75, 3.05) is 20.2 Å². The zero-order valence-corrected chi connectivity index (χ0v) is 19.2. The Hall–Kier alpha value is -3.24. The number of rotatable bonds is 10. The molecule has 3 aromatic rings.